The van der Waals surface area contributed by atoms with Gasteiger partial charge in [0.25, 0.3) is 5.91 Å². The van der Waals surface area contributed by atoms with E-state index >= 15 is 0 Å². The van der Waals surface area contributed by atoms with Crippen LogP contribution >= 0.6 is 0 Å². The van der Waals surface area contributed by atoms with Crippen LogP contribution in [0.5, 0.6) is 6.01 Å². The van der Waals surface area contributed by atoms with Crippen LogP contribution in [0.3, 0.4) is 0 Å². The van der Waals surface area contributed by atoms with Crippen molar-refractivity contribution in [2.24, 2.45) is 11.8 Å². The highest BCUT2D eigenvalue weighted by molar-refractivity contribution is 5.93. The summed E-state index contributed by atoms with van der Waals surface area (Å²) in [6.07, 6.45) is 9.35. The molecular formula is C21H26N6O3. The van der Waals surface area contributed by atoms with Crippen molar-refractivity contribution in [1.82, 2.24) is 25.6 Å². The first-order valence-electron chi connectivity index (χ1n) is 10.2. The highest BCUT2D eigenvalue weighted by atomic mass is 16.5. The summed E-state index contributed by atoms with van der Waals surface area (Å²) in [4.78, 5) is 39.4. The molecule has 1 aliphatic carbocycles. The molecule has 2 unspecified atom stereocenters. The number of ether oxygens (including phenoxy) is 1. The SMILES string of the molecule is COc1ncc(C(=O)NCC(NC(=O)C2CCN(c3ccncc3)C2)C2CC2)cn1. The third-order valence-electron chi connectivity index (χ3n) is 5.66. The Bertz CT molecular complexity index is 872. The molecule has 2 aromatic rings. The Morgan fingerprint density at radius 3 is 2.60 bits per heavy atom. The number of anilines is 1. The molecule has 2 aromatic heterocycles. The lowest BCUT2D eigenvalue weighted by molar-refractivity contribution is -0.125. The van der Waals surface area contributed by atoms with Crippen LogP contribution in [-0.2, 0) is 4.79 Å². The van der Waals surface area contributed by atoms with E-state index in [1.54, 1.807) is 12.4 Å². The van der Waals surface area contributed by atoms with Crippen molar-refractivity contribution < 1.29 is 14.3 Å². The van der Waals surface area contributed by atoms with Crippen LogP contribution in [-0.4, -0.2) is 59.6 Å². The van der Waals surface area contributed by atoms with Crippen LogP contribution in [0.25, 0.3) is 0 Å². The number of rotatable bonds is 8. The van der Waals surface area contributed by atoms with E-state index in [1.807, 2.05) is 12.1 Å². The summed E-state index contributed by atoms with van der Waals surface area (Å²) in [5, 5.41) is 6.07. The standard InChI is InChI=1S/C21H26N6O3/c1-30-21-24-10-16(11-25-21)19(28)23-12-18(14-2-3-14)26-20(29)15-6-9-27(13-15)17-4-7-22-8-5-17/h4-5,7-8,10-11,14-15,18H,2-3,6,9,12-13H2,1H3,(H,23,28)(H,26,29). The Hall–Kier alpha value is -3.23. The van der Waals surface area contributed by atoms with Crippen molar-refractivity contribution in [3.05, 3.63) is 42.5 Å². The van der Waals surface area contributed by atoms with Gasteiger partial charge in [-0.2, -0.15) is 0 Å². The third kappa shape index (κ3) is 4.84. The second kappa shape index (κ2) is 9.06. The van der Waals surface area contributed by atoms with Gasteiger partial charge in [0, 0.05) is 56.2 Å². The second-order valence-corrected chi connectivity index (χ2v) is 7.76. The third-order valence-corrected chi connectivity index (χ3v) is 5.66. The molecule has 0 bridgehead atoms. The Morgan fingerprint density at radius 2 is 1.93 bits per heavy atom. The normalized spacial score (nSPS) is 19.2. The van der Waals surface area contributed by atoms with Gasteiger partial charge in [0.2, 0.25) is 5.91 Å². The zero-order valence-electron chi connectivity index (χ0n) is 17.0. The summed E-state index contributed by atoms with van der Waals surface area (Å²) in [6, 6.07) is 4.08. The topological polar surface area (TPSA) is 109 Å². The van der Waals surface area contributed by atoms with Crippen molar-refractivity contribution in [1.29, 1.82) is 0 Å². The highest BCUT2D eigenvalue weighted by Crippen LogP contribution is 2.33. The minimum absolute atomic E-state index is 0.0508. The van der Waals surface area contributed by atoms with E-state index in [1.165, 1.54) is 19.5 Å². The molecule has 9 heteroatoms. The zero-order valence-corrected chi connectivity index (χ0v) is 17.0. The molecule has 0 radical (unpaired) electrons. The van der Waals surface area contributed by atoms with Crippen molar-refractivity contribution in [2.75, 3.05) is 31.6 Å². The molecule has 1 saturated heterocycles. The molecule has 2 atom stereocenters. The smallest absolute Gasteiger partial charge is 0.316 e. The lowest BCUT2D eigenvalue weighted by Crippen LogP contribution is -2.47. The highest BCUT2D eigenvalue weighted by Gasteiger charge is 2.35. The molecule has 0 aromatic carbocycles. The number of nitrogens with zero attached hydrogens (tertiary/aromatic N) is 4. The number of carbonyl (C=O) groups excluding carboxylic acids is 2. The van der Waals surface area contributed by atoms with Crippen LogP contribution in [0.15, 0.2) is 36.9 Å². The fraction of sp³-hybridized carbons (Fsp3) is 0.476. The van der Waals surface area contributed by atoms with Gasteiger partial charge in [0.1, 0.15) is 0 Å². The largest absolute Gasteiger partial charge is 0.467 e. The van der Waals surface area contributed by atoms with Gasteiger partial charge >= 0.3 is 6.01 Å². The summed E-state index contributed by atoms with van der Waals surface area (Å²) in [5.74, 6) is 0.164. The van der Waals surface area contributed by atoms with E-state index in [-0.39, 0.29) is 29.8 Å². The van der Waals surface area contributed by atoms with Crippen LogP contribution in [0.2, 0.25) is 0 Å². The molecule has 2 fully saturated rings. The lowest BCUT2D eigenvalue weighted by atomic mass is 10.1. The summed E-state index contributed by atoms with van der Waals surface area (Å²) in [5.41, 5.74) is 1.45. The van der Waals surface area contributed by atoms with Crippen LogP contribution in [0, 0.1) is 11.8 Å². The number of pyridine rings is 1. The fourth-order valence-electron chi connectivity index (χ4n) is 3.74. The minimum Gasteiger partial charge on any atom is -0.467 e. The first-order chi connectivity index (χ1) is 14.6. The summed E-state index contributed by atoms with van der Waals surface area (Å²) >= 11 is 0. The summed E-state index contributed by atoms with van der Waals surface area (Å²) < 4.78 is 4.91. The Balaban J connectivity index is 1.29. The average molecular weight is 410 g/mol. The van der Waals surface area contributed by atoms with E-state index in [0.717, 1.165) is 31.5 Å². The van der Waals surface area contributed by atoms with Crippen molar-refractivity contribution in [3.8, 4) is 6.01 Å². The van der Waals surface area contributed by atoms with E-state index in [0.29, 0.717) is 24.6 Å². The fourth-order valence-corrected chi connectivity index (χ4v) is 3.74. The lowest BCUT2D eigenvalue weighted by Gasteiger charge is -2.22. The molecule has 2 aliphatic rings. The van der Waals surface area contributed by atoms with Gasteiger partial charge < -0.3 is 20.3 Å². The van der Waals surface area contributed by atoms with Gasteiger partial charge in [-0.1, -0.05) is 0 Å². The van der Waals surface area contributed by atoms with Crippen molar-refractivity contribution >= 4 is 17.5 Å². The van der Waals surface area contributed by atoms with Crippen LogP contribution in [0.4, 0.5) is 5.69 Å². The number of nitrogens with one attached hydrogen (secondary N) is 2. The predicted molar refractivity (Wildman–Crippen MR) is 110 cm³/mol. The van der Waals surface area contributed by atoms with Gasteiger partial charge in [-0.05, 0) is 37.3 Å². The number of carbonyl (C=O) groups is 2. The Labute approximate surface area is 175 Å². The van der Waals surface area contributed by atoms with Crippen LogP contribution in [0.1, 0.15) is 29.6 Å². The monoisotopic (exact) mass is 410 g/mol. The number of methoxy groups -OCH3 is 1. The number of hydrogen-bond donors (Lipinski definition) is 2. The molecule has 30 heavy (non-hydrogen) atoms. The first-order valence-corrected chi connectivity index (χ1v) is 10.2. The molecular weight excluding hydrogens is 384 g/mol. The number of hydrogen-bond acceptors (Lipinski definition) is 7. The summed E-state index contributed by atoms with van der Waals surface area (Å²) in [7, 11) is 1.47. The van der Waals surface area contributed by atoms with Crippen LogP contribution < -0.4 is 20.3 Å². The van der Waals surface area contributed by atoms with E-state index in [2.05, 4.69) is 30.5 Å². The van der Waals surface area contributed by atoms with Gasteiger partial charge in [0.15, 0.2) is 0 Å². The van der Waals surface area contributed by atoms with E-state index in [4.69, 9.17) is 4.74 Å². The maximum absolute atomic E-state index is 12.9. The molecule has 1 saturated carbocycles. The zero-order chi connectivity index (χ0) is 20.9. The molecule has 158 valence electrons. The van der Waals surface area contributed by atoms with E-state index in [9.17, 15) is 9.59 Å². The molecule has 2 N–H and O–H groups in total. The molecule has 2 amide bonds. The maximum Gasteiger partial charge on any atom is 0.316 e. The Morgan fingerprint density at radius 1 is 1.20 bits per heavy atom. The van der Waals surface area contributed by atoms with Gasteiger partial charge in [-0.3, -0.25) is 14.6 Å². The second-order valence-electron chi connectivity index (χ2n) is 7.76. The van der Waals surface area contributed by atoms with Gasteiger partial charge in [-0.15, -0.1) is 0 Å². The van der Waals surface area contributed by atoms with Gasteiger partial charge in [0.05, 0.1) is 18.6 Å². The number of aromatic nitrogens is 3. The first kappa shape index (κ1) is 20.1. The summed E-state index contributed by atoms with van der Waals surface area (Å²) in [6.45, 7) is 1.94. The quantitative estimate of drug-likeness (QED) is 0.669. The molecule has 1 aliphatic heterocycles. The van der Waals surface area contributed by atoms with E-state index < -0.39 is 0 Å². The Kier molecular flexibility index (Phi) is 6.06. The molecule has 3 heterocycles. The molecule has 4 rings (SSSR count). The molecule has 9 nitrogen and oxygen atoms in total. The van der Waals surface area contributed by atoms with Crippen molar-refractivity contribution in [3.63, 3.8) is 0 Å². The maximum atomic E-state index is 12.9. The predicted octanol–water partition coefficient (Wildman–Crippen LogP) is 1.03. The average Bonchev–Trinajstić information content (AvgIpc) is 3.52. The number of amides is 2. The van der Waals surface area contributed by atoms with Gasteiger partial charge in [-0.25, -0.2) is 9.97 Å². The molecule has 0 spiro atoms. The van der Waals surface area contributed by atoms with Crippen molar-refractivity contribution in [2.45, 2.75) is 25.3 Å². The minimum atomic E-state index is -0.262.